The fourth-order valence-corrected chi connectivity index (χ4v) is 2.99. The van der Waals surface area contributed by atoms with E-state index in [0.29, 0.717) is 0 Å². The summed E-state index contributed by atoms with van der Waals surface area (Å²) in [6.07, 6.45) is 11.7. The summed E-state index contributed by atoms with van der Waals surface area (Å²) < 4.78 is 2.09. The quantitative estimate of drug-likeness (QED) is 0.851. The highest BCUT2D eigenvalue weighted by molar-refractivity contribution is 7.13. The molecular formula is C13H17N5S. The van der Waals surface area contributed by atoms with Gasteiger partial charge in [-0.15, -0.1) is 11.3 Å². The molecule has 5 nitrogen and oxygen atoms in total. The zero-order valence-corrected chi connectivity index (χ0v) is 11.8. The van der Waals surface area contributed by atoms with Gasteiger partial charge in [-0.2, -0.15) is 0 Å². The van der Waals surface area contributed by atoms with Crippen molar-refractivity contribution in [2.75, 3.05) is 7.05 Å². The predicted octanol–water partition coefficient (Wildman–Crippen LogP) is 2.34. The van der Waals surface area contributed by atoms with Gasteiger partial charge in [0.05, 0.1) is 12.4 Å². The smallest absolute Gasteiger partial charge is 0.126 e. The minimum absolute atomic E-state index is 0.270. The first-order valence-electron chi connectivity index (χ1n) is 6.07. The first-order valence-corrected chi connectivity index (χ1v) is 6.89. The summed E-state index contributed by atoms with van der Waals surface area (Å²) in [6.45, 7) is 2.15. The Bertz CT molecular complexity index is 568. The summed E-state index contributed by atoms with van der Waals surface area (Å²) in [5.74, 6) is 0. The predicted molar refractivity (Wildman–Crippen MR) is 79.4 cm³/mol. The normalized spacial score (nSPS) is 14.1. The SMILES string of the molecule is CCC(c1cnc(C(C=NC)=CN)s1)n1ccnc1. The molecule has 0 aliphatic heterocycles. The Morgan fingerprint density at radius 1 is 1.63 bits per heavy atom. The fourth-order valence-electron chi connectivity index (χ4n) is 1.90. The van der Waals surface area contributed by atoms with Crippen LogP contribution < -0.4 is 5.73 Å². The maximum atomic E-state index is 5.60. The molecule has 0 amide bonds. The van der Waals surface area contributed by atoms with Crippen molar-refractivity contribution in [1.82, 2.24) is 14.5 Å². The summed E-state index contributed by atoms with van der Waals surface area (Å²) >= 11 is 1.64. The van der Waals surface area contributed by atoms with E-state index < -0.39 is 0 Å². The number of aromatic nitrogens is 3. The van der Waals surface area contributed by atoms with Crippen LogP contribution in [-0.4, -0.2) is 27.8 Å². The van der Waals surface area contributed by atoms with E-state index in [4.69, 9.17) is 5.73 Å². The van der Waals surface area contributed by atoms with Crippen molar-refractivity contribution >= 4 is 23.1 Å². The van der Waals surface area contributed by atoms with Crippen LogP contribution in [0.5, 0.6) is 0 Å². The number of aliphatic imine (C=N–C) groups is 1. The van der Waals surface area contributed by atoms with E-state index in [1.807, 2.05) is 18.7 Å². The molecule has 6 heteroatoms. The number of imidazole rings is 1. The number of nitrogens with two attached hydrogens (primary N) is 1. The molecule has 2 aromatic rings. The number of allylic oxidation sites excluding steroid dienone is 1. The molecule has 0 aromatic carbocycles. The van der Waals surface area contributed by atoms with E-state index in [1.54, 1.807) is 30.8 Å². The zero-order chi connectivity index (χ0) is 13.7. The molecule has 0 aliphatic rings. The third-order valence-electron chi connectivity index (χ3n) is 2.82. The van der Waals surface area contributed by atoms with Gasteiger partial charge in [-0.3, -0.25) is 4.99 Å². The van der Waals surface area contributed by atoms with Gasteiger partial charge in [-0.1, -0.05) is 6.92 Å². The van der Waals surface area contributed by atoms with Crippen molar-refractivity contribution < 1.29 is 0 Å². The van der Waals surface area contributed by atoms with Crippen molar-refractivity contribution in [3.05, 3.63) is 41.0 Å². The minimum atomic E-state index is 0.270. The van der Waals surface area contributed by atoms with E-state index >= 15 is 0 Å². The monoisotopic (exact) mass is 275 g/mol. The molecule has 0 aliphatic carbocycles. The average molecular weight is 275 g/mol. The maximum Gasteiger partial charge on any atom is 0.126 e. The minimum Gasteiger partial charge on any atom is -0.404 e. The highest BCUT2D eigenvalue weighted by Crippen LogP contribution is 2.29. The molecule has 100 valence electrons. The van der Waals surface area contributed by atoms with Crippen LogP contribution in [0.3, 0.4) is 0 Å². The molecule has 0 spiro atoms. The highest BCUT2D eigenvalue weighted by atomic mass is 32.1. The van der Waals surface area contributed by atoms with Gasteiger partial charge in [0.2, 0.25) is 0 Å². The average Bonchev–Trinajstić information content (AvgIpc) is 3.09. The molecule has 0 saturated carbocycles. The van der Waals surface area contributed by atoms with Gasteiger partial charge in [0.1, 0.15) is 5.01 Å². The van der Waals surface area contributed by atoms with Crippen molar-refractivity contribution in [2.45, 2.75) is 19.4 Å². The second kappa shape index (κ2) is 6.29. The molecule has 19 heavy (non-hydrogen) atoms. The number of rotatable bonds is 5. The van der Waals surface area contributed by atoms with Gasteiger partial charge in [0.15, 0.2) is 0 Å². The van der Waals surface area contributed by atoms with Gasteiger partial charge in [-0.25, -0.2) is 9.97 Å². The van der Waals surface area contributed by atoms with Crippen LogP contribution in [0, 0.1) is 0 Å². The highest BCUT2D eigenvalue weighted by Gasteiger charge is 2.15. The first kappa shape index (κ1) is 13.5. The summed E-state index contributed by atoms with van der Waals surface area (Å²) in [4.78, 5) is 13.7. The molecule has 2 aromatic heterocycles. The van der Waals surface area contributed by atoms with Gasteiger partial charge >= 0.3 is 0 Å². The zero-order valence-electron chi connectivity index (χ0n) is 11.0. The van der Waals surface area contributed by atoms with E-state index in [2.05, 4.69) is 26.5 Å². The van der Waals surface area contributed by atoms with Gasteiger partial charge in [0, 0.05) is 48.5 Å². The van der Waals surface area contributed by atoms with E-state index in [0.717, 1.165) is 17.0 Å². The molecule has 0 fully saturated rings. The maximum absolute atomic E-state index is 5.60. The fraction of sp³-hybridized carbons (Fsp3) is 0.308. The number of hydrogen-bond acceptors (Lipinski definition) is 5. The summed E-state index contributed by atoms with van der Waals surface area (Å²) in [5, 5.41) is 0.890. The van der Waals surface area contributed by atoms with Crippen molar-refractivity contribution in [1.29, 1.82) is 0 Å². The molecule has 1 atom stereocenters. The van der Waals surface area contributed by atoms with E-state index in [-0.39, 0.29) is 6.04 Å². The third-order valence-corrected chi connectivity index (χ3v) is 3.97. The Morgan fingerprint density at radius 3 is 3.05 bits per heavy atom. The van der Waals surface area contributed by atoms with Crippen LogP contribution in [0.2, 0.25) is 0 Å². The van der Waals surface area contributed by atoms with Crippen LogP contribution in [0.4, 0.5) is 0 Å². The lowest BCUT2D eigenvalue weighted by Crippen LogP contribution is -2.05. The van der Waals surface area contributed by atoms with Crippen molar-refractivity contribution in [3.8, 4) is 0 Å². The van der Waals surface area contributed by atoms with Crippen LogP contribution in [0.15, 0.2) is 36.1 Å². The number of thiazole rings is 1. The molecule has 2 rings (SSSR count). The van der Waals surface area contributed by atoms with Crippen molar-refractivity contribution in [3.63, 3.8) is 0 Å². The molecule has 1 unspecified atom stereocenters. The first-order chi connectivity index (χ1) is 9.30. The lowest BCUT2D eigenvalue weighted by Gasteiger charge is -2.13. The second-order valence-corrected chi connectivity index (χ2v) is 5.07. The van der Waals surface area contributed by atoms with Crippen LogP contribution in [0.25, 0.3) is 5.57 Å². The lowest BCUT2D eigenvalue weighted by atomic mass is 10.2. The Morgan fingerprint density at radius 2 is 2.47 bits per heavy atom. The molecular weight excluding hydrogens is 258 g/mol. The van der Waals surface area contributed by atoms with Crippen LogP contribution in [-0.2, 0) is 0 Å². The lowest BCUT2D eigenvalue weighted by molar-refractivity contribution is 0.574. The standard InChI is InChI=1S/C13H17N5S/c1-3-11(18-5-4-16-9-18)12-8-17-13(19-12)10(6-14)7-15-2/h4-9,11H,3,14H2,1-2H3. The second-order valence-electron chi connectivity index (χ2n) is 4.01. The largest absolute Gasteiger partial charge is 0.404 e. The third kappa shape index (κ3) is 2.90. The summed E-state index contributed by atoms with van der Waals surface area (Å²) in [7, 11) is 1.72. The number of nitrogens with zero attached hydrogens (tertiary/aromatic N) is 4. The summed E-state index contributed by atoms with van der Waals surface area (Å²) in [6, 6.07) is 0.270. The topological polar surface area (TPSA) is 69.1 Å². The van der Waals surface area contributed by atoms with Gasteiger partial charge in [-0.05, 0) is 6.42 Å². The van der Waals surface area contributed by atoms with E-state index in [9.17, 15) is 0 Å². The van der Waals surface area contributed by atoms with Crippen LogP contribution in [0.1, 0.15) is 29.3 Å². The Kier molecular flexibility index (Phi) is 4.46. The molecule has 2 heterocycles. The van der Waals surface area contributed by atoms with Gasteiger partial charge in [0.25, 0.3) is 0 Å². The molecule has 0 bridgehead atoms. The van der Waals surface area contributed by atoms with Crippen LogP contribution >= 0.6 is 11.3 Å². The Labute approximate surface area is 116 Å². The van der Waals surface area contributed by atoms with Gasteiger partial charge < -0.3 is 10.3 Å². The van der Waals surface area contributed by atoms with Crippen molar-refractivity contribution in [2.24, 2.45) is 10.7 Å². The number of hydrogen-bond donors (Lipinski definition) is 1. The summed E-state index contributed by atoms with van der Waals surface area (Å²) in [5.41, 5.74) is 6.45. The molecule has 2 N–H and O–H groups in total. The molecule has 0 radical (unpaired) electrons. The molecule has 0 saturated heterocycles. The Hall–Kier alpha value is -1.95. The van der Waals surface area contributed by atoms with E-state index in [1.165, 1.54) is 11.1 Å². The Balaban J connectivity index is 2.30.